The summed E-state index contributed by atoms with van der Waals surface area (Å²) in [5.41, 5.74) is 4.66. The highest BCUT2D eigenvalue weighted by Gasteiger charge is 2.56. The summed E-state index contributed by atoms with van der Waals surface area (Å²) in [6.07, 6.45) is 3.06. The maximum absolute atomic E-state index is 13.4. The zero-order valence-electron chi connectivity index (χ0n) is 27.6. The molecule has 7 rings (SSSR count). The van der Waals surface area contributed by atoms with Gasteiger partial charge in [-0.05, 0) is 51.4 Å². The summed E-state index contributed by atoms with van der Waals surface area (Å²) in [7, 11) is -2.78. The average molecular weight is 627 g/mol. The second-order valence-electron chi connectivity index (χ2n) is 14.5. The van der Waals surface area contributed by atoms with Crippen molar-refractivity contribution in [1.82, 2.24) is 9.88 Å². The Labute approximate surface area is 274 Å². The van der Waals surface area contributed by atoms with E-state index in [2.05, 4.69) is 153 Å². The van der Waals surface area contributed by atoms with Crippen molar-refractivity contribution in [2.75, 3.05) is 13.2 Å². The highest BCUT2D eigenvalue weighted by atomic mass is 28.4. The molecule has 4 nitrogen and oxygen atoms in total. The number of hydrogen-bond acceptors (Lipinski definition) is 3. The summed E-state index contributed by atoms with van der Waals surface area (Å²) in [6.45, 7) is 11.4. The molecule has 1 aromatic heterocycles. The number of aromatic nitrogens is 1. The van der Waals surface area contributed by atoms with Gasteiger partial charge in [0.2, 0.25) is 0 Å². The van der Waals surface area contributed by atoms with Crippen LogP contribution in [0.5, 0.6) is 0 Å². The summed E-state index contributed by atoms with van der Waals surface area (Å²) in [5, 5.41) is 3.72. The van der Waals surface area contributed by atoms with Crippen LogP contribution in [0.3, 0.4) is 0 Å². The van der Waals surface area contributed by atoms with Gasteiger partial charge in [-0.25, -0.2) is 0 Å². The average Bonchev–Trinajstić information content (AvgIpc) is 3.48. The van der Waals surface area contributed by atoms with Crippen molar-refractivity contribution in [3.05, 3.63) is 132 Å². The van der Waals surface area contributed by atoms with E-state index >= 15 is 0 Å². The van der Waals surface area contributed by atoms with Crippen molar-refractivity contribution >= 4 is 35.9 Å². The predicted molar refractivity (Wildman–Crippen MR) is 191 cm³/mol. The lowest BCUT2D eigenvalue weighted by Crippen LogP contribution is -2.67. The van der Waals surface area contributed by atoms with Crippen LogP contribution in [0, 0.1) is 11.3 Å². The Kier molecular flexibility index (Phi) is 8.12. The first-order valence-electron chi connectivity index (χ1n) is 16.9. The van der Waals surface area contributed by atoms with Crippen molar-refractivity contribution < 1.29 is 9.22 Å². The summed E-state index contributed by atoms with van der Waals surface area (Å²) in [4.78, 5) is 19.9. The van der Waals surface area contributed by atoms with E-state index in [0.717, 1.165) is 25.9 Å². The third-order valence-corrected chi connectivity index (χ3v) is 16.1. The van der Waals surface area contributed by atoms with E-state index in [1.165, 1.54) is 44.4 Å². The molecule has 2 aliphatic rings. The number of aromatic amines is 1. The Morgan fingerprint density at radius 1 is 0.870 bits per heavy atom. The molecule has 0 unspecified atom stereocenters. The van der Waals surface area contributed by atoms with Crippen molar-refractivity contribution in [3.63, 3.8) is 0 Å². The summed E-state index contributed by atoms with van der Waals surface area (Å²) < 4.78 is 7.67. The fourth-order valence-electron chi connectivity index (χ4n) is 8.89. The molecule has 5 heteroatoms. The van der Waals surface area contributed by atoms with Gasteiger partial charge in [-0.3, -0.25) is 4.90 Å². The fraction of sp³-hybridized carbons (Fsp3) is 0.341. The van der Waals surface area contributed by atoms with Crippen LogP contribution in [0.1, 0.15) is 69.3 Å². The number of nitrogens with one attached hydrogen (secondary N) is 1. The third kappa shape index (κ3) is 5.00. The Morgan fingerprint density at radius 3 is 2.04 bits per heavy atom. The number of para-hydroxylation sites is 1. The first-order chi connectivity index (χ1) is 22.3. The molecule has 1 N–H and O–H groups in total. The molecule has 0 amide bonds. The number of nitrogens with zero attached hydrogens (tertiary/aromatic N) is 1. The lowest BCUT2D eigenvalue weighted by Gasteiger charge is -2.55. The Hall–Kier alpha value is -3.77. The largest absolute Gasteiger partial charge is 0.407 e. The summed E-state index contributed by atoms with van der Waals surface area (Å²) >= 11 is 0. The molecule has 0 radical (unpaired) electrons. The van der Waals surface area contributed by atoms with Gasteiger partial charge in [0.1, 0.15) is 6.29 Å². The number of likely N-dealkylation sites (tertiary alicyclic amines) is 1. The van der Waals surface area contributed by atoms with Gasteiger partial charge in [-0.2, -0.15) is 0 Å². The standard InChI is InChI=1S/C41H46N2O2Si/c1-5-41(29-44)28-43(26-30-17-9-6-10-18-30)37-25-35(41)34(38-33-23-15-16-24-36(33)42-39(37)38)27-45-46(40(2,3)4,31-19-11-7-12-20-31)32-21-13-8-14-22-32/h6-24,29,34-35,37,42H,5,25-28H2,1-4H3/t34-,35-,37+,41+/m1/s1. The Balaban J connectivity index is 1.38. The number of piperidine rings is 1. The number of hydrogen-bond donors (Lipinski definition) is 1. The number of benzene rings is 4. The maximum Gasteiger partial charge on any atom is 0.261 e. The fourth-order valence-corrected chi connectivity index (χ4v) is 13.5. The minimum absolute atomic E-state index is 0.0908. The highest BCUT2D eigenvalue weighted by Crippen LogP contribution is 2.57. The molecule has 5 aromatic rings. The molecule has 4 aromatic carbocycles. The summed E-state index contributed by atoms with van der Waals surface area (Å²) in [6, 6.07) is 41.5. The molecule has 2 heterocycles. The lowest BCUT2D eigenvalue weighted by molar-refractivity contribution is -0.129. The van der Waals surface area contributed by atoms with Crippen LogP contribution in [0.15, 0.2) is 115 Å². The van der Waals surface area contributed by atoms with Gasteiger partial charge in [-0.15, -0.1) is 0 Å². The van der Waals surface area contributed by atoms with Crippen LogP contribution in [0.4, 0.5) is 0 Å². The first-order valence-corrected chi connectivity index (χ1v) is 18.8. The van der Waals surface area contributed by atoms with Gasteiger partial charge in [0.05, 0.1) is 6.04 Å². The molecule has 1 fully saturated rings. The quantitative estimate of drug-likeness (QED) is 0.133. The normalized spacial score (nSPS) is 23.3. The second-order valence-corrected chi connectivity index (χ2v) is 18.8. The molecule has 46 heavy (non-hydrogen) atoms. The van der Waals surface area contributed by atoms with Crippen molar-refractivity contribution in [2.24, 2.45) is 11.3 Å². The number of H-pyrrole nitrogens is 1. The SMILES string of the molecule is CC[C@@]1(C=O)CN(Cc2ccccc2)[C@H]2C[C@@H]1[C@@H](CO[Si](c1ccccc1)(c1ccccc1)C(C)(C)C)c1c2[nH]c2ccccc12. The predicted octanol–water partition coefficient (Wildman–Crippen LogP) is 8.00. The Morgan fingerprint density at radius 2 is 1.46 bits per heavy atom. The molecule has 2 bridgehead atoms. The van der Waals surface area contributed by atoms with Crippen LogP contribution in [-0.2, 0) is 15.8 Å². The molecule has 236 valence electrons. The van der Waals surface area contributed by atoms with Gasteiger partial charge >= 0.3 is 0 Å². The zero-order chi connectivity index (χ0) is 31.9. The summed E-state index contributed by atoms with van der Waals surface area (Å²) in [5.74, 6) is 0.269. The van der Waals surface area contributed by atoms with Crippen LogP contribution in [-0.4, -0.2) is 37.6 Å². The molecular formula is C41H46N2O2Si. The molecule has 0 saturated carbocycles. The van der Waals surface area contributed by atoms with Crippen LogP contribution < -0.4 is 10.4 Å². The van der Waals surface area contributed by atoms with Gasteiger partial charge in [0.15, 0.2) is 0 Å². The number of carbonyl (C=O) groups is 1. The van der Waals surface area contributed by atoms with Gasteiger partial charge in [-0.1, -0.05) is 137 Å². The van der Waals surface area contributed by atoms with Gasteiger partial charge in [0, 0.05) is 47.6 Å². The Bertz CT molecular complexity index is 1760. The van der Waals surface area contributed by atoms with Crippen LogP contribution in [0.2, 0.25) is 5.04 Å². The van der Waals surface area contributed by atoms with E-state index in [4.69, 9.17) is 4.43 Å². The number of fused-ring (bicyclic) bond motifs is 6. The smallest absolute Gasteiger partial charge is 0.261 e. The monoisotopic (exact) mass is 626 g/mol. The van der Waals surface area contributed by atoms with Gasteiger partial charge < -0.3 is 14.2 Å². The first kappa shape index (κ1) is 30.9. The van der Waals surface area contributed by atoms with Crippen molar-refractivity contribution in [3.8, 4) is 0 Å². The maximum atomic E-state index is 13.4. The van der Waals surface area contributed by atoms with E-state index in [9.17, 15) is 4.79 Å². The molecule has 1 aliphatic heterocycles. The van der Waals surface area contributed by atoms with Crippen molar-refractivity contribution in [2.45, 2.75) is 64.1 Å². The van der Waals surface area contributed by atoms with E-state index in [-0.39, 0.29) is 22.9 Å². The molecule has 1 aliphatic carbocycles. The lowest BCUT2D eigenvalue weighted by atomic mass is 9.58. The third-order valence-electron chi connectivity index (χ3n) is 11.1. The number of carbonyl (C=O) groups excluding carboxylic acids is 1. The molecule has 0 spiro atoms. The van der Waals surface area contributed by atoms with E-state index in [0.29, 0.717) is 6.61 Å². The number of aldehydes is 1. The molecule has 4 atom stereocenters. The van der Waals surface area contributed by atoms with Gasteiger partial charge in [0.25, 0.3) is 8.32 Å². The molecular weight excluding hydrogens is 581 g/mol. The topological polar surface area (TPSA) is 45.3 Å². The zero-order valence-corrected chi connectivity index (χ0v) is 28.6. The molecule has 1 saturated heterocycles. The van der Waals surface area contributed by atoms with Crippen molar-refractivity contribution in [1.29, 1.82) is 0 Å². The van der Waals surface area contributed by atoms with Crippen LogP contribution in [0.25, 0.3) is 10.9 Å². The van der Waals surface area contributed by atoms with Crippen LogP contribution >= 0.6 is 0 Å². The highest BCUT2D eigenvalue weighted by molar-refractivity contribution is 6.99. The number of rotatable bonds is 9. The van der Waals surface area contributed by atoms with E-state index in [1.54, 1.807) is 0 Å². The minimum atomic E-state index is -2.78. The van der Waals surface area contributed by atoms with E-state index in [1.807, 2.05) is 0 Å². The second kappa shape index (κ2) is 12.1. The minimum Gasteiger partial charge on any atom is -0.407 e. The van der Waals surface area contributed by atoms with E-state index < -0.39 is 13.7 Å².